The Balaban J connectivity index is 3.25. The highest BCUT2D eigenvalue weighted by Gasteiger charge is 2.23. The van der Waals surface area contributed by atoms with Crippen LogP contribution in [0.5, 0.6) is 0 Å². The second kappa shape index (κ2) is 5.43. The first-order valence-corrected chi connectivity index (χ1v) is 4.96. The summed E-state index contributed by atoms with van der Waals surface area (Å²) in [6, 6.07) is 6.23. The normalized spacial score (nSPS) is 13.6. The van der Waals surface area contributed by atoms with E-state index in [4.69, 9.17) is 5.26 Å². The molecule has 0 aliphatic carbocycles. The lowest BCUT2D eigenvalue weighted by atomic mass is 9.97. The summed E-state index contributed by atoms with van der Waals surface area (Å²) in [7, 11) is 1.22. The molecule has 0 fully saturated rings. The van der Waals surface area contributed by atoms with Gasteiger partial charge in [0.2, 0.25) is 0 Å². The summed E-state index contributed by atoms with van der Waals surface area (Å²) in [4.78, 5) is 11.5. The maximum atomic E-state index is 11.5. The van der Waals surface area contributed by atoms with Crippen LogP contribution in [0.4, 0.5) is 0 Å². The first-order chi connectivity index (χ1) is 8.01. The molecule has 1 rings (SSSR count). The quantitative estimate of drug-likeness (QED) is 0.594. The molecule has 2 N–H and O–H groups in total. The second-order valence-corrected chi connectivity index (χ2v) is 3.60. The molecule has 0 radical (unpaired) electrons. The Morgan fingerprint density at radius 3 is 2.65 bits per heavy atom. The summed E-state index contributed by atoms with van der Waals surface area (Å²) in [5.74, 6) is -0.621. The minimum atomic E-state index is -1.58. The first-order valence-electron chi connectivity index (χ1n) is 4.96. The Bertz CT molecular complexity index is 464. The number of hydrogen-bond acceptors (Lipinski definition) is 5. The zero-order chi connectivity index (χ0) is 13.0. The average molecular weight is 235 g/mol. The number of aryl methyl sites for hydroxylation is 1. The number of carbonyl (C=O) groups excluding carboxylic acids is 1. The van der Waals surface area contributed by atoms with Crippen molar-refractivity contribution in [2.45, 2.75) is 19.1 Å². The van der Waals surface area contributed by atoms with Gasteiger partial charge in [-0.1, -0.05) is 17.7 Å². The fourth-order valence-electron chi connectivity index (χ4n) is 1.46. The van der Waals surface area contributed by atoms with Crippen molar-refractivity contribution in [3.63, 3.8) is 0 Å². The third-order valence-corrected chi connectivity index (χ3v) is 2.36. The van der Waals surface area contributed by atoms with Crippen molar-refractivity contribution in [2.24, 2.45) is 0 Å². The number of aliphatic hydroxyl groups excluding tert-OH is 2. The number of benzene rings is 1. The molecule has 2 atom stereocenters. The highest BCUT2D eigenvalue weighted by molar-refractivity contribution is 5.91. The summed E-state index contributed by atoms with van der Waals surface area (Å²) < 4.78 is 4.57. The van der Waals surface area contributed by atoms with E-state index < -0.39 is 18.2 Å². The van der Waals surface area contributed by atoms with Crippen LogP contribution in [-0.2, 0) is 4.74 Å². The monoisotopic (exact) mass is 235 g/mol. The molecular formula is C12H13NO4. The van der Waals surface area contributed by atoms with E-state index in [2.05, 4.69) is 4.74 Å². The van der Waals surface area contributed by atoms with Crippen molar-refractivity contribution in [1.82, 2.24) is 0 Å². The second-order valence-electron chi connectivity index (χ2n) is 3.60. The van der Waals surface area contributed by atoms with Gasteiger partial charge in [-0.2, -0.15) is 5.26 Å². The molecule has 0 bridgehead atoms. The van der Waals surface area contributed by atoms with Gasteiger partial charge in [0.05, 0.1) is 18.7 Å². The predicted molar refractivity (Wildman–Crippen MR) is 59.1 cm³/mol. The fraction of sp³-hybridized carbons (Fsp3) is 0.333. The third-order valence-electron chi connectivity index (χ3n) is 2.36. The van der Waals surface area contributed by atoms with E-state index in [-0.39, 0.29) is 11.1 Å². The summed E-state index contributed by atoms with van der Waals surface area (Å²) in [6.45, 7) is 1.77. The highest BCUT2D eigenvalue weighted by Crippen LogP contribution is 2.23. The summed E-state index contributed by atoms with van der Waals surface area (Å²) in [5.41, 5.74) is 1.13. The zero-order valence-electron chi connectivity index (χ0n) is 9.54. The Kier molecular flexibility index (Phi) is 4.21. The topological polar surface area (TPSA) is 90.6 Å². The fourth-order valence-corrected chi connectivity index (χ4v) is 1.46. The minimum Gasteiger partial charge on any atom is -0.465 e. The molecule has 90 valence electrons. The van der Waals surface area contributed by atoms with Gasteiger partial charge in [-0.05, 0) is 18.6 Å². The van der Waals surface area contributed by atoms with Gasteiger partial charge in [0.1, 0.15) is 6.10 Å². The molecule has 0 aliphatic rings. The smallest absolute Gasteiger partial charge is 0.338 e. The Morgan fingerprint density at radius 2 is 2.12 bits per heavy atom. The van der Waals surface area contributed by atoms with Crippen molar-refractivity contribution in [3.05, 3.63) is 34.9 Å². The highest BCUT2D eigenvalue weighted by atomic mass is 16.5. The van der Waals surface area contributed by atoms with Gasteiger partial charge in [-0.15, -0.1) is 0 Å². The molecule has 5 nitrogen and oxygen atoms in total. The maximum absolute atomic E-state index is 11.5. The third kappa shape index (κ3) is 2.81. The van der Waals surface area contributed by atoms with Crippen LogP contribution in [0.15, 0.2) is 18.2 Å². The summed E-state index contributed by atoms with van der Waals surface area (Å²) in [6.07, 6.45) is -3.02. The number of methoxy groups -OCH3 is 1. The van der Waals surface area contributed by atoms with Crippen molar-refractivity contribution < 1.29 is 19.7 Å². The molecule has 0 saturated heterocycles. The van der Waals surface area contributed by atoms with E-state index in [1.165, 1.54) is 25.3 Å². The van der Waals surface area contributed by atoms with E-state index in [1.54, 1.807) is 13.0 Å². The van der Waals surface area contributed by atoms with E-state index in [1.807, 2.05) is 0 Å². The number of hydrogen-bond donors (Lipinski definition) is 2. The lowest BCUT2D eigenvalue weighted by molar-refractivity contribution is 0.0478. The molecule has 1 aromatic rings. The first kappa shape index (κ1) is 13.2. The Morgan fingerprint density at radius 1 is 1.47 bits per heavy atom. The van der Waals surface area contributed by atoms with Crippen LogP contribution in [0.3, 0.4) is 0 Å². The van der Waals surface area contributed by atoms with Crippen molar-refractivity contribution >= 4 is 5.97 Å². The van der Waals surface area contributed by atoms with Gasteiger partial charge < -0.3 is 14.9 Å². The van der Waals surface area contributed by atoms with Crippen molar-refractivity contribution in [2.75, 3.05) is 7.11 Å². The molecule has 2 unspecified atom stereocenters. The molecule has 0 aliphatic heterocycles. The lowest BCUT2D eigenvalue weighted by Gasteiger charge is -2.16. The largest absolute Gasteiger partial charge is 0.465 e. The van der Waals surface area contributed by atoms with Gasteiger partial charge in [0.15, 0.2) is 6.10 Å². The SMILES string of the molecule is COC(=O)c1ccc(C)cc1C(O)C(O)C#N. The lowest BCUT2D eigenvalue weighted by Crippen LogP contribution is -2.19. The van der Waals surface area contributed by atoms with Gasteiger partial charge in [-0.3, -0.25) is 0 Å². The van der Waals surface area contributed by atoms with Crippen molar-refractivity contribution in [1.29, 1.82) is 5.26 Å². The molecule has 0 aromatic heterocycles. The molecule has 0 saturated carbocycles. The van der Waals surface area contributed by atoms with Crippen LogP contribution in [-0.4, -0.2) is 29.4 Å². The zero-order valence-corrected chi connectivity index (χ0v) is 9.54. The summed E-state index contributed by atoms with van der Waals surface area (Å²) >= 11 is 0. The molecule has 0 heterocycles. The van der Waals surface area contributed by atoms with Crippen LogP contribution in [0.2, 0.25) is 0 Å². The van der Waals surface area contributed by atoms with E-state index in [9.17, 15) is 15.0 Å². The molecule has 17 heavy (non-hydrogen) atoms. The van der Waals surface area contributed by atoms with Gasteiger partial charge in [0, 0.05) is 0 Å². The predicted octanol–water partition coefficient (Wildman–Crippen LogP) is 0.699. The molecule has 0 amide bonds. The molecule has 1 aromatic carbocycles. The Hall–Kier alpha value is -1.90. The maximum Gasteiger partial charge on any atom is 0.338 e. The standard InChI is InChI=1S/C12H13NO4/c1-7-3-4-8(12(16)17-2)9(5-7)11(15)10(14)6-13/h3-5,10-11,14-15H,1-2H3. The van der Waals surface area contributed by atoms with Gasteiger partial charge in [-0.25, -0.2) is 4.79 Å². The van der Waals surface area contributed by atoms with Crippen LogP contribution in [0, 0.1) is 18.3 Å². The van der Waals surface area contributed by atoms with E-state index >= 15 is 0 Å². The van der Waals surface area contributed by atoms with E-state index in [0.717, 1.165) is 5.56 Å². The van der Waals surface area contributed by atoms with Crippen molar-refractivity contribution in [3.8, 4) is 6.07 Å². The summed E-state index contributed by atoms with van der Waals surface area (Å²) in [5, 5.41) is 27.6. The van der Waals surface area contributed by atoms with Gasteiger partial charge >= 0.3 is 5.97 Å². The number of rotatable bonds is 3. The number of nitrogens with zero attached hydrogens (tertiary/aromatic N) is 1. The molecule has 0 spiro atoms. The van der Waals surface area contributed by atoms with Gasteiger partial charge in [0.25, 0.3) is 0 Å². The van der Waals surface area contributed by atoms with Crippen LogP contribution < -0.4 is 0 Å². The number of ether oxygens (including phenoxy) is 1. The van der Waals surface area contributed by atoms with Crippen LogP contribution >= 0.6 is 0 Å². The number of nitriles is 1. The molecular weight excluding hydrogens is 222 g/mol. The van der Waals surface area contributed by atoms with E-state index in [0.29, 0.717) is 0 Å². The molecule has 5 heteroatoms. The number of esters is 1. The average Bonchev–Trinajstić information content (AvgIpc) is 2.35. The van der Waals surface area contributed by atoms with Crippen LogP contribution in [0.25, 0.3) is 0 Å². The Labute approximate surface area is 98.9 Å². The minimum absolute atomic E-state index is 0.139. The number of aliphatic hydroxyl groups is 2. The van der Waals surface area contributed by atoms with Crippen LogP contribution in [0.1, 0.15) is 27.6 Å². The number of carbonyl (C=O) groups is 1.